The standard InChI is InChI=1S/C18H22N2O7/c1-3-9-19-18(25)20-16(23)11-27-17(24)8-7-13(21)12-5-6-14(22)15(10-12)26-4-2/h3,5-6,10,22H,1,4,7-9,11H2,2H3,(H2,19,20,23,25). The maximum Gasteiger partial charge on any atom is 0.321 e. The van der Waals surface area contributed by atoms with Crippen LogP contribution in [-0.4, -0.2) is 48.6 Å². The molecule has 0 aliphatic rings. The van der Waals surface area contributed by atoms with Crippen LogP contribution >= 0.6 is 0 Å². The second kappa shape index (κ2) is 11.3. The lowest BCUT2D eigenvalue weighted by molar-refractivity contribution is -0.148. The van der Waals surface area contributed by atoms with E-state index in [1.165, 1.54) is 24.3 Å². The first kappa shape index (κ1) is 21.7. The normalized spacial score (nSPS) is 9.81. The van der Waals surface area contributed by atoms with Gasteiger partial charge in [0.1, 0.15) is 0 Å². The third kappa shape index (κ3) is 8.04. The highest BCUT2D eigenvalue weighted by Crippen LogP contribution is 2.27. The molecule has 1 rings (SSSR count). The van der Waals surface area contributed by atoms with Gasteiger partial charge in [0, 0.05) is 18.5 Å². The number of esters is 1. The average Bonchev–Trinajstić information content (AvgIpc) is 2.64. The van der Waals surface area contributed by atoms with Crippen LogP contribution in [-0.2, 0) is 14.3 Å². The molecule has 0 spiro atoms. The second-order valence-electron chi connectivity index (χ2n) is 5.25. The van der Waals surface area contributed by atoms with E-state index in [9.17, 15) is 24.3 Å². The average molecular weight is 378 g/mol. The molecule has 0 heterocycles. The SMILES string of the molecule is C=CCNC(=O)NC(=O)COC(=O)CCC(=O)c1ccc(O)c(OCC)c1. The van der Waals surface area contributed by atoms with E-state index in [0.29, 0.717) is 6.61 Å². The summed E-state index contributed by atoms with van der Waals surface area (Å²) < 4.78 is 9.91. The first-order valence-corrected chi connectivity index (χ1v) is 8.20. The van der Waals surface area contributed by atoms with Crippen LogP contribution in [0.25, 0.3) is 0 Å². The van der Waals surface area contributed by atoms with Crippen molar-refractivity contribution in [3.63, 3.8) is 0 Å². The Balaban J connectivity index is 2.40. The van der Waals surface area contributed by atoms with Crippen molar-refractivity contribution in [1.82, 2.24) is 10.6 Å². The third-order valence-electron chi connectivity index (χ3n) is 3.16. The van der Waals surface area contributed by atoms with Crippen LogP contribution in [0.3, 0.4) is 0 Å². The number of phenols is 1. The number of benzene rings is 1. The first-order valence-electron chi connectivity index (χ1n) is 8.20. The number of urea groups is 1. The monoisotopic (exact) mass is 378 g/mol. The molecule has 0 atom stereocenters. The van der Waals surface area contributed by atoms with Gasteiger partial charge in [-0.3, -0.25) is 19.7 Å². The number of hydrogen-bond donors (Lipinski definition) is 3. The molecule has 0 aromatic heterocycles. The largest absolute Gasteiger partial charge is 0.504 e. The van der Waals surface area contributed by atoms with E-state index in [1.54, 1.807) is 6.92 Å². The molecule has 3 N–H and O–H groups in total. The van der Waals surface area contributed by atoms with Crippen molar-refractivity contribution >= 4 is 23.7 Å². The van der Waals surface area contributed by atoms with E-state index in [2.05, 4.69) is 11.9 Å². The summed E-state index contributed by atoms with van der Waals surface area (Å²) in [6.07, 6.45) is 1.06. The Morgan fingerprint density at radius 2 is 1.96 bits per heavy atom. The summed E-state index contributed by atoms with van der Waals surface area (Å²) in [6, 6.07) is 3.41. The highest BCUT2D eigenvalue weighted by molar-refractivity contribution is 5.98. The fraction of sp³-hybridized carbons (Fsp3) is 0.333. The van der Waals surface area contributed by atoms with Crippen LogP contribution in [0.2, 0.25) is 0 Å². The summed E-state index contributed by atoms with van der Waals surface area (Å²) in [7, 11) is 0. The van der Waals surface area contributed by atoms with Crippen molar-refractivity contribution in [2.75, 3.05) is 19.8 Å². The molecule has 9 nitrogen and oxygen atoms in total. The maximum absolute atomic E-state index is 12.1. The molecule has 0 saturated carbocycles. The summed E-state index contributed by atoms with van der Waals surface area (Å²) in [6.45, 7) is 5.01. The molecule has 1 aromatic carbocycles. The van der Waals surface area contributed by atoms with E-state index < -0.39 is 24.5 Å². The molecule has 0 unspecified atom stereocenters. The van der Waals surface area contributed by atoms with E-state index in [0.717, 1.165) is 0 Å². The number of nitrogens with one attached hydrogen (secondary N) is 2. The number of amides is 3. The number of Topliss-reactive ketones (excluding diaryl/α,β-unsaturated/α-hetero) is 1. The molecule has 146 valence electrons. The Labute approximate surface area is 156 Å². The third-order valence-corrected chi connectivity index (χ3v) is 3.16. The van der Waals surface area contributed by atoms with E-state index >= 15 is 0 Å². The molecule has 0 bridgehead atoms. The van der Waals surface area contributed by atoms with Crippen LogP contribution < -0.4 is 15.4 Å². The Hall–Kier alpha value is -3.36. The summed E-state index contributed by atoms with van der Waals surface area (Å²) >= 11 is 0. The molecule has 0 aliphatic heterocycles. The Kier molecular flexibility index (Phi) is 9.07. The van der Waals surface area contributed by atoms with Crippen molar-refractivity contribution < 1.29 is 33.8 Å². The van der Waals surface area contributed by atoms with Crippen molar-refractivity contribution in [2.45, 2.75) is 19.8 Å². The number of carbonyl (C=O) groups is 4. The predicted octanol–water partition coefficient (Wildman–Crippen LogP) is 1.31. The van der Waals surface area contributed by atoms with Gasteiger partial charge in [-0.05, 0) is 25.1 Å². The summed E-state index contributed by atoms with van der Waals surface area (Å²) in [4.78, 5) is 46.4. The molecule has 3 amide bonds. The lowest BCUT2D eigenvalue weighted by atomic mass is 10.1. The van der Waals surface area contributed by atoms with Gasteiger partial charge >= 0.3 is 12.0 Å². The number of rotatable bonds is 10. The van der Waals surface area contributed by atoms with Gasteiger partial charge in [0.2, 0.25) is 0 Å². The number of ether oxygens (including phenoxy) is 2. The van der Waals surface area contributed by atoms with Gasteiger partial charge in [-0.25, -0.2) is 4.79 Å². The molecular formula is C18H22N2O7. The molecule has 1 aromatic rings. The quantitative estimate of drug-likeness (QED) is 0.318. The Morgan fingerprint density at radius 1 is 1.22 bits per heavy atom. The first-order chi connectivity index (χ1) is 12.9. The molecule has 0 aliphatic carbocycles. The highest BCUT2D eigenvalue weighted by atomic mass is 16.5. The summed E-state index contributed by atoms with van der Waals surface area (Å²) in [5.74, 6) is -1.81. The van der Waals surface area contributed by atoms with Gasteiger partial charge in [0.05, 0.1) is 13.0 Å². The highest BCUT2D eigenvalue weighted by Gasteiger charge is 2.14. The Morgan fingerprint density at radius 3 is 2.63 bits per heavy atom. The number of carbonyl (C=O) groups excluding carboxylic acids is 4. The van der Waals surface area contributed by atoms with Crippen LogP contribution in [0.1, 0.15) is 30.1 Å². The molecule has 27 heavy (non-hydrogen) atoms. The van der Waals surface area contributed by atoms with Crippen LogP contribution in [0.4, 0.5) is 4.79 Å². The number of ketones is 1. The van der Waals surface area contributed by atoms with Crippen molar-refractivity contribution in [1.29, 1.82) is 0 Å². The lowest BCUT2D eigenvalue weighted by Gasteiger charge is -2.08. The van der Waals surface area contributed by atoms with Gasteiger partial charge in [-0.2, -0.15) is 0 Å². The molecule has 0 radical (unpaired) electrons. The van der Waals surface area contributed by atoms with Gasteiger partial charge < -0.3 is 19.9 Å². The fourth-order valence-electron chi connectivity index (χ4n) is 1.91. The maximum atomic E-state index is 12.1. The number of phenolic OH excluding ortho intramolecular Hbond substituents is 1. The van der Waals surface area contributed by atoms with Gasteiger partial charge in [-0.15, -0.1) is 6.58 Å². The van der Waals surface area contributed by atoms with Crippen LogP contribution in [0.15, 0.2) is 30.9 Å². The van der Waals surface area contributed by atoms with Crippen molar-refractivity contribution in [2.24, 2.45) is 0 Å². The minimum absolute atomic E-state index is 0.0871. The molecule has 0 saturated heterocycles. The smallest absolute Gasteiger partial charge is 0.321 e. The zero-order valence-corrected chi connectivity index (χ0v) is 14.9. The molecule has 0 fully saturated rings. The molecule has 9 heteroatoms. The number of imide groups is 1. The topological polar surface area (TPSA) is 131 Å². The van der Waals surface area contributed by atoms with Gasteiger partial charge in [0.15, 0.2) is 23.9 Å². The fourth-order valence-corrected chi connectivity index (χ4v) is 1.91. The number of aromatic hydroxyl groups is 1. The zero-order chi connectivity index (χ0) is 20.2. The summed E-state index contributed by atoms with van der Waals surface area (Å²) in [5.41, 5.74) is 0.278. The van der Waals surface area contributed by atoms with Gasteiger partial charge in [0.25, 0.3) is 5.91 Å². The van der Waals surface area contributed by atoms with E-state index in [1.807, 2.05) is 5.32 Å². The predicted molar refractivity (Wildman–Crippen MR) is 95.5 cm³/mol. The lowest BCUT2D eigenvalue weighted by Crippen LogP contribution is -2.41. The minimum atomic E-state index is -0.795. The second-order valence-corrected chi connectivity index (χ2v) is 5.25. The number of hydrogen-bond acceptors (Lipinski definition) is 7. The molecular weight excluding hydrogens is 356 g/mol. The van der Waals surface area contributed by atoms with Crippen molar-refractivity contribution in [3.8, 4) is 11.5 Å². The van der Waals surface area contributed by atoms with E-state index in [4.69, 9.17) is 9.47 Å². The zero-order valence-electron chi connectivity index (χ0n) is 14.9. The van der Waals surface area contributed by atoms with Crippen LogP contribution in [0, 0.1) is 0 Å². The van der Waals surface area contributed by atoms with Crippen LogP contribution in [0.5, 0.6) is 11.5 Å². The van der Waals surface area contributed by atoms with Crippen molar-refractivity contribution in [3.05, 3.63) is 36.4 Å². The summed E-state index contributed by atoms with van der Waals surface area (Å²) in [5, 5.41) is 13.9. The van der Waals surface area contributed by atoms with E-state index in [-0.39, 0.29) is 42.2 Å². The Bertz CT molecular complexity index is 716. The minimum Gasteiger partial charge on any atom is -0.504 e. The van der Waals surface area contributed by atoms with Gasteiger partial charge in [-0.1, -0.05) is 6.08 Å².